The molecule has 0 unspecified atom stereocenters. The maximum Gasteiger partial charge on any atom is 0.235 e. The largest absolute Gasteiger partial charge is 0.310 e. The Hall–Kier alpha value is -1.34. The van der Waals surface area contributed by atoms with Crippen molar-refractivity contribution < 1.29 is 4.79 Å². The van der Waals surface area contributed by atoms with Crippen molar-refractivity contribution in [2.75, 3.05) is 11.1 Å². The topological polar surface area (TPSA) is 59.8 Å². The Morgan fingerprint density at radius 3 is 3.05 bits per heavy atom. The third-order valence-electron chi connectivity index (χ3n) is 3.34. The van der Waals surface area contributed by atoms with Gasteiger partial charge in [0.1, 0.15) is 10.2 Å². The van der Waals surface area contributed by atoms with E-state index >= 15 is 0 Å². The summed E-state index contributed by atoms with van der Waals surface area (Å²) in [6.07, 6.45) is 8.30. The Morgan fingerprint density at radius 2 is 2.30 bits per heavy atom. The second-order valence-electron chi connectivity index (χ2n) is 4.73. The lowest BCUT2D eigenvalue weighted by atomic mass is 10.2. The van der Waals surface area contributed by atoms with Gasteiger partial charge in [0.25, 0.3) is 0 Å². The SMILES string of the molecule is O=C(CSc1nccs1)Nc1ccnn1C1CCCC1. The first-order chi connectivity index (χ1) is 9.83. The summed E-state index contributed by atoms with van der Waals surface area (Å²) in [5, 5.41) is 9.21. The number of aromatic nitrogens is 3. The summed E-state index contributed by atoms with van der Waals surface area (Å²) in [5.74, 6) is 1.18. The van der Waals surface area contributed by atoms with Crippen molar-refractivity contribution in [2.24, 2.45) is 0 Å². The number of rotatable bonds is 5. The average Bonchev–Trinajstić information content (AvgIpc) is 3.18. The van der Waals surface area contributed by atoms with Crippen LogP contribution in [-0.2, 0) is 4.79 Å². The van der Waals surface area contributed by atoms with Gasteiger partial charge in [-0.2, -0.15) is 5.10 Å². The van der Waals surface area contributed by atoms with E-state index in [0.29, 0.717) is 11.8 Å². The molecular weight excluding hydrogens is 292 g/mol. The van der Waals surface area contributed by atoms with E-state index in [-0.39, 0.29) is 5.91 Å². The molecule has 1 saturated carbocycles. The lowest BCUT2D eigenvalue weighted by molar-refractivity contribution is -0.113. The number of hydrogen-bond acceptors (Lipinski definition) is 5. The number of carbonyl (C=O) groups excluding carboxylic acids is 1. The van der Waals surface area contributed by atoms with E-state index in [9.17, 15) is 4.79 Å². The van der Waals surface area contributed by atoms with E-state index in [1.807, 2.05) is 16.1 Å². The van der Waals surface area contributed by atoms with Crippen molar-refractivity contribution in [3.05, 3.63) is 23.8 Å². The lowest BCUT2D eigenvalue weighted by Gasteiger charge is -2.14. The minimum Gasteiger partial charge on any atom is -0.310 e. The molecular formula is C13H16N4OS2. The van der Waals surface area contributed by atoms with Gasteiger partial charge in [-0.15, -0.1) is 11.3 Å². The first kappa shape index (κ1) is 13.6. The first-order valence-corrected chi connectivity index (χ1v) is 8.55. The molecule has 0 bridgehead atoms. The maximum absolute atomic E-state index is 12.0. The molecule has 7 heteroatoms. The van der Waals surface area contributed by atoms with Crippen LogP contribution in [0.25, 0.3) is 0 Å². The molecule has 1 fully saturated rings. The second kappa shape index (κ2) is 6.41. The molecule has 0 aliphatic heterocycles. The molecule has 0 saturated heterocycles. The zero-order valence-electron chi connectivity index (χ0n) is 11.0. The number of thioether (sulfide) groups is 1. The Morgan fingerprint density at radius 1 is 1.45 bits per heavy atom. The normalized spacial score (nSPS) is 15.6. The second-order valence-corrected chi connectivity index (χ2v) is 6.85. The summed E-state index contributed by atoms with van der Waals surface area (Å²) < 4.78 is 2.88. The van der Waals surface area contributed by atoms with E-state index < -0.39 is 0 Å². The number of amides is 1. The van der Waals surface area contributed by atoms with Gasteiger partial charge in [-0.3, -0.25) is 4.79 Å². The van der Waals surface area contributed by atoms with Crippen molar-refractivity contribution in [2.45, 2.75) is 36.1 Å². The molecule has 0 atom stereocenters. The number of thiazole rings is 1. The standard InChI is InChI=1S/C13H16N4OS2/c18-12(9-20-13-14-7-8-19-13)16-11-5-6-15-17(11)10-3-1-2-4-10/h5-8,10H,1-4,9H2,(H,16,18). The molecule has 2 aromatic rings. The molecule has 3 rings (SSSR count). The minimum absolute atomic E-state index is 0.00931. The summed E-state index contributed by atoms with van der Waals surface area (Å²) in [4.78, 5) is 16.1. The highest BCUT2D eigenvalue weighted by Gasteiger charge is 2.20. The average molecular weight is 308 g/mol. The van der Waals surface area contributed by atoms with Crippen molar-refractivity contribution in [3.63, 3.8) is 0 Å². The van der Waals surface area contributed by atoms with Crippen LogP contribution in [0.15, 0.2) is 28.2 Å². The highest BCUT2D eigenvalue weighted by molar-refractivity contribution is 8.01. The predicted molar refractivity (Wildman–Crippen MR) is 81.2 cm³/mol. The van der Waals surface area contributed by atoms with Crippen LogP contribution in [0.5, 0.6) is 0 Å². The molecule has 1 N–H and O–H groups in total. The third-order valence-corrected chi connectivity index (χ3v) is 5.31. The fourth-order valence-electron chi connectivity index (χ4n) is 2.44. The molecule has 5 nitrogen and oxygen atoms in total. The molecule has 1 aliphatic rings. The highest BCUT2D eigenvalue weighted by atomic mass is 32.2. The Bertz CT molecular complexity index is 561. The van der Waals surface area contributed by atoms with Crippen LogP contribution >= 0.6 is 23.1 Å². The van der Waals surface area contributed by atoms with Crippen LogP contribution in [0.4, 0.5) is 5.82 Å². The molecule has 1 amide bonds. The molecule has 0 spiro atoms. The van der Waals surface area contributed by atoms with Gasteiger partial charge in [0.15, 0.2) is 0 Å². The first-order valence-electron chi connectivity index (χ1n) is 6.68. The van der Waals surface area contributed by atoms with Gasteiger partial charge >= 0.3 is 0 Å². The fourth-order valence-corrected chi connectivity index (χ4v) is 3.88. The maximum atomic E-state index is 12.0. The number of nitrogens with one attached hydrogen (secondary N) is 1. The molecule has 20 heavy (non-hydrogen) atoms. The lowest BCUT2D eigenvalue weighted by Crippen LogP contribution is -2.19. The van der Waals surface area contributed by atoms with Crippen LogP contribution < -0.4 is 5.32 Å². The molecule has 2 aromatic heterocycles. The Balaban J connectivity index is 1.57. The number of hydrogen-bond donors (Lipinski definition) is 1. The van der Waals surface area contributed by atoms with Crippen molar-refractivity contribution >= 4 is 34.8 Å². The third kappa shape index (κ3) is 3.21. The minimum atomic E-state index is -0.00931. The van der Waals surface area contributed by atoms with Crippen LogP contribution in [0.2, 0.25) is 0 Å². The van der Waals surface area contributed by atoms with Crippen LogP contribution in [0.3, 0.4) is 0 Å². The molecule has 106 valence electrons. The summed E-state index contributed by atoms with van der Waals surface area (Å²) in [7, 11) is 0. The molecule has 1 aliphatic carbocycles. The highest BCUT2D eigenvalue weighted by Crippen LogP contribution is 2.31. The smallest absolute Gasteiger partial charge is 0.235 e. The summed E-state index contributed by atoms with van der Waals surface area (Å²) in [5.41, 5.74) is 0. The molecule has 0 radical (unpaired) electrons. The van der Waals surface area contributed by atoms with Crippen molar-refractivity contribution in [1.82, 2.24) is 14.8 Å². The van der Waals surface area contributed by atoms with Gasteiger partial charge in [0, 0.05) is 17.6 Å². The van der Waals surface area contributed by atoms with Crippen LogP contribution in [0, 0.1) is 0 Å². The molecule has 0 aromatic carbocycles. The van der Waals surface area contributed by atoms with Gasteiger partial charge in [-0.25, -0.2) is 9.67 Å². The quantitative estimate of drug-likeness (QED) is 0.862. The number of nitrogens with zero attached hydrogens (tertiary/aromatic N) is 3. The van der Waals surface area contributed by atoms with Gasteiger partial charge in [-0.1, -0.05) is 24.6 Å². The van der Waals surface area contributed by atoms with E-state index in [2.05, 4.69) is 15.4 Å². The Labute approximate surface area is 125 Å². The summed E-state index contributed by atoms with van der Waals surface area (Å²) >= 11 is 3.01. The number of anilines is 1. The van der Waals surface area contributed by atoms with E-state index in [0.717, 1.165) is 23.0 Å². The predicted octanol–water partition coefficient (Wildman–Crippen LogP) is 3.19. The monoisotopic (exact) mass is 308 g/mol. The summed E-state index contributed by atoms with van der Waals surface area (Å²) in [6.45, 7) is 0. The zero-order chi connectivity index (χ0) is 13.8. The van der Waals surface area contributed by atoms with E-state index in [1.54, 1.807) is 23.7 Å². The van der Waals surface area contributed by atoms with Crippen molar-refractivity contribution in [3.8, 4) is 0 Å². The zero-order valence-corrected chi connectivity index (χ0v) is 12.6. The van der Waals surface area contributed by atoms with Gasteiger partial charge in [0.05, 0.1) is 18.0 Å². The number of carbonyl (C=O) groups is 1. The van der Waals surface area contributed by atoms with Crippen LogP contribution in [0.1, 0.15) is 31.7 Å². The molecule has 2 heterocycles. The van der Waals surface area contributed by atoms with Crippen LogP contribution in [-0.4, -0.2) is 26.4 Å². The summed E-state index contributed by atoms with van der Waals surface area (Å²) in [6, 6.07) is 2.30. The van der Waals surface area contributed by atoms with Crippen molar-refractivity contribution in [1.29, 1.82) is 0 Å². The van der Waals surface area contributed by atoms with Gasteiger partial charge < -0.3 is 5.32 Å². The van der Waals surface area contributed by atoms with E-state index in [1.165, 1.54) is 24.6 Å². The fraction of sp³-hybridized carbons (Fsp3) is 0.462. The van der Waals surface area contributed by atoms with E-state index in [4.69, 9.17) is 0 Å². The van der Waals surface area contributed by atoms with Gasteiger partial charge in [-0.05, 0) is 12.8 Å². The van der Waals surface area contributed by atoms with Gasteiger partial charge in [0.2, 0.25) is 5.91 Å². The Kier molecular flexibility index (Phi) is 4.37.